The van der Waals surface area contributed by atoms with Crippen molar-refractivity contribution >= 4 is 23.5 Å². The maximum absolute atomic E-state index is 12.7. The highest BCUT2D eigenvalue weighted by Crippen LogP contribution is 2.20. The largest absolute Gasteiger partial charge is 0.492 e. The number of imide groups is 1. The first-order valence-electron chi connectivity index (χ1n) is 10.5. The van der Waals surface area contributed by atoms with E-state index in [2.05, 4.69) is 4.90 Å². The van der Waals surface area contributed by atoms with Gasteiger partial charge in [0, 0.05) is 38.4 Å². The van der Waals surface area contributed by atoms with Crippen LogP contribution < -0.4 is 9.64 Å². The third-order valence-corrected chi connectivity index (χ3v) is 5.56. The Hall–Kier alpha value is -3.39. The lowest BCUT2D eigenvalue weighted by Crippen LogP contribution is -2.52. The molecule has 162 valence electrons. The van der Waals surface area contributed by atoms with Gasteiger partial charge in [-0.2, -0.15) is 0 Å². The monoisotopic (exact) mass is 422 g/mol. The van der Waals surface area contributed by atoms with E-state index < -0.39 is 6.03 Å². The lowest BCUT2D eigenvalue weighted by Gasteiger charge is -2.35. The molecule has 0 unspecified atom stereocenters. The van der Waals surface area contributed by atoms with Crippen molar-refractivity contribution in [3.05, 3.63) is 60.7 Å². The number of rotatable bonds is 7. The predicted octanol–water partition coefficient (Wildman–Crippen LogP) is 1.68. The number of hydrogen-bond acceptors (Lipinski definition) is 5. The summed E-state index contributed by atoms with van der Waals surface area (Å²) in [6.45, 7) is 3.75. The molecule has 0 bridgehead atoms. The van der Waals surface area contributed by atoms with Crippen LogP contribution in [0.3, 0.4) is 0 Å². The number of piperazine rings is 1. The van der Waals surface area contributed by atoms with Gasteiger partial charge in [-0.15, -0.1) is 0 Å². The fraction of sp³-hybridized carbons (Fsp3) is 0.348. The Balaban J connectivity index is 1.23. The highest BCUT2D eigenvalue weighted by Gasteiger charge is 2.38. The summed E-state index contributed by atoms with van der Waals surface area (Å²) in [6.07, 6.45) is 0. The Labute approximate surface area is 181 Å². The van der Waals surface area contributed by atoms with E-state index in [-0.39, 0.29) is 24.9 Å². The molecular weight excluding hydrogens is 396 g/mol. The number of benzene rings is 2. The van der Waals surface area contributed by atoms with Crippen LogP contribution >= 0.6 is 0 Å². The average Bonchev–Trinajstić information content (AvgIpc) is 3.09. The highest BCUT2D eigenvalue weighted by molar-refractivity contribution is 6.13. The molecule has 2 aliphatic heterocycles. The number of urea groups is 1. The Morgan fingerprint density at radius 3 is 2.19 bits per heavy atom. The minimum absolute atomic E-state index is 0.0364. The van der Waals surface area contributed by atoms with E-state index in [1.807, 2.05) is 48.5 Å². The summed E-state index contributed by atoms with van der Waals surface area (Å²) in [4.78, 5) is 44.1. The van der Waals surface area contributed by atoms with Gasteiger partial charge in [-0.25, -0.2) is 4.79 Å². The molecule has 2 heterocycles. The number of ether oxygens (including phenoxy) is 1. The maximum Gasteiger partial charge on any atom is 0.332 e. The van der Waals surface area contributed by atoms with Gasteiger partial charge in [0.25, 0.3) is 5.91 Å². The van der Waals surface area contributed by atoms with Crippen molar-refractivity contribution in [2.45, 2.75) is 0 Å². The van der Waals surface area contributed by atoms with Crippen molar-refractivity contribution in [3.8, 4) is 5.75 Å². The van der Waals surface area contributed by atoms with Crippen LogP contribution in [0.25, 0.3) is 0 Å². The van der Waals surface area contributed by atoms with E-state index in [1.165, 1.54) is 4.90 Å². The zero-order chi connectivity index (χ0) is 21.6. The van der Waals surface area contributed by atoms with E-state index in [0.29, 0.717) is 25.4 Å². The summed E-state index contributed by atoms with van der Waals surface area (Å²) in [5.41, 5.74) is 0.655. The molecule has 2 aromatic carbocycles. The molecule has 8 heteroatoms. The molecule has 0 aromatic heterocycles. The molecular formula is C23H26N4O4. The molecule has 0 aliphatic carbocycles. The van der Waals surface area contributed by atoms with Crippen LogP contribution in [-0.4, -0.2) is 85.0 Å². The zero-order valence-electron chi connectivity index (χ0n) is 17.4. The van der Waals surface area contributed by atoms with E-state index in [1.54, 1.807) is 17.0 Å². The molecule has 4 amide bonds. The normalized spacial score (nSPS) is 17.4. The van der Waals surface area contributed by atoms with Crippen LogP contribution in [0.15, 0.2) is 60.7 Å². The van der Waals surface area contributed by atoms with Crippen LogP contribution in [0.2, 0.25) is 0 Å². The Morgan fingerprint density at radius 2 is 1.52 bits per heavy atom. The van der Waals surface area contributed by atoms with Crippen molar-refractivity contribution in [2.75, 3.05) is 57.3 Å². The number of nitrogens with zero attached hydrogens (tertiary/aromatic N) is 4. The summed E-state index contributed by atoms with van der Waals surface area (Å²) in [7, 11) is 0. The molecule has 2 aliphatic rings. The lowest BCUT2D eigenvalue weighted by molar-refractivity contribution is -0.137. The quantitative estimate of drug-likeness (QED) is 0.635. The van der Waals surface area contributed by atoms with Crippen LogP contribution in [0.1, 0.15) is 0 Å². The van der Waals surface area contributed by atoms with Crippen molar-refractivity contribution < 1.29 is 19.1 Å². The summed E-state index contributed by atoms with van der Waals surface area (Å²) in [5.74, 6) is 0.302. The van der Waals surface area contributed by atoms with Gasteiger partial charge in [0.1, 0.15) is 25.4 Å². The molecule has 4 rings (SSSR count). The number of anilines is 1. The van der Waals surface area contributed by atoms with Crippen molar-refractivity contribution in [2.24, 2.45) is 0 Å². The van der Waals surface area contributed by atoms with Crippen LogP contribution in [-0.2, 0) is 9.59 Å². The van der Waals surface area contributed by atoms with Gasteiger partial charge >= 0.3 is 6.03 Å². The minimum Gasteiger partial charge on any atom is -0.492 e. The summed E-state index contributed by atoms with van der Waals surface area (Å²) >= 11 is 0. The van der Waals surface area contributed by atoms with Crippen LogP contribution in [0.5, 0.6) is 5.75 Å². The minimum atomic E-state index is -0.443. The summed E-state index contributed by atoms with van der Waals surface area (Å²) in [6, 6.07) is 18.3. The molecule has 0 N–H and O–H groups in total. The fourth-order valence-corrected chi connectivity index (χ4v) is 3.77. The fourth-order valence-electron chi connectivity index (χ4n) is 3.77. The van der Waals surface area contributed by atoms with E-state index in [0.717, 1.165) is 30.3 Å². The van der Waals surface area contributed by atoms with Gasteiger partial charge < -0.3 is 9.64 Å². The van der Waals surface area contributed by atoms with Crippen LogP contribution in [0.4, 0.5) is 10.5 Å². The third kappa shape index (κ3) is 5.03. The van der Waals surface area contributed by atoms with E-state index in [9.17, 15) is 14.4 Å². The molecule has 31 heavy (non-hydrogen) atoms. The Bertz CT molecular complexity index is 914. The number of carbonyl (C=O) groups is 3. The Morgan fingerprint density at radius 1 is 0.871 bits per heavy atom. The van der Waals surface area contributed by atoms with Crippen molar-refractivity contribution in [1.82, 2.24) is 14.7 Å². The van der Waals surface area contributed by atoms with Crippen molar-refractivity contribution in [1.29, 1.82) is 0 Å². The van der Waals surface area contributed by atoms with Crippen LogP contribution in [0, 0.1) is 0 Å². The molecule has 2 aromatic rings. The van der Waals surface area contributed by atoms with Crippen molar-refractivity contribution in [3.63, 3.8) is 0 Å². The third-order valence-electron chi connectivity index (χ3n) is 5.56. The molecule has 0 saturated carbocycles. The second-order valence-corrected chi connectivity index (χ2v) is 7.57. The second-order valence-electron chi connectivity index (χ2n) is 7.57. The first-order valence-corrected chi connectivity index (χ1v) is 10.5. The zero-order valence-corrected chi connectivity index (χ0v) is 17.4. The van der Waals surface area contributed by atoms with E-state index >= 15 is 0 Å². The molecule has 0 radical (unpaired) electrons. The average molecular weight is 422 g/mol. The molecule has 0 spiro atoms. The maximum atomic E-state index is 12.7. The summed E-state index contributed by atoms with van der Waals surface area (Å²) < 4.78 is 5.73. The van der Waals surface area contributed by atoms with Gasteiger partial charge in [-0.1, -0.05) is 36.4 Å². The number of para-hydroxylation sites is 2. The summed E-state index contributed by atoms with van der Waals surface area (Å²) in [5, 5.41) is 0. The lowest BCUT2D eigenvalue weighted by atomic mass is 10.3. The topological polar surface area (TPSA) is 73.4 Å². The molecule has 2 fully saturated rings. The smallest absolute Gasteiger partial charge is 0.332 e. The molecule has 8 nitrogen and oxygen atoms in total. The van der Waals surface area contributed by atoms with Gasteiger partial charge in [0.2, 0.25) is 5.91 Å². The molecule has 2 saturated heterocycles. The SMILES string of the molecule is O=C(CN1C(=O)CN(c2ccccc2)C1=O)N1CCN(CCOc2ccccc2)CC1. The first kappa shape index (κ1) is 20.9. The number of amides is 4. The van der Waals surface area contributed by atoms with Gasteiger partial charge in [-0.3, -0.25) is 24.3 Å². The van der Waals surface area contributed by atoms with E-state index in [4.69, 9.17) is 4.74 Å². The molecule has 0 atom stereocenters. The predicted molar refractivity (Wildman–Crippen MR) is 116 cm³/mol. The number of carbonyl (C=O) groups excluding carboxylic acids is 3. The highest BCUT2D eigenvalue weighted by atomic mass is 16.5. The number of hydrogen-bond donors (Lipinski definition) is 0. The van der Waals surface area contributed by atoms with Gasteiger partial charge in [0.05, 0.1) is 0 Å². The Kier molecular flexibility index (Phi) is 6.47. The van der Waals surface area contributed by atoms with Gasteiger partial charge in [-0.05, 0) is 24.3 Å². The van der Waals surface area contributed by atoms with Gasteiger partial charge in [0.15, 0.2) is 0 Å². The standard InChI is InChI=1S/C23H26N4O4/c28-21(17-27-22(29)18-26(23(27)30)19-7-3-1-4-8-19)25-13-11-24(12-14-25)15-16-31-20-9-5-2-6-10-20/h1-10H,11-18H2. The second kappa shape index (κ2) is 9.61. The first-order chi connectivity index (χ1) is 15.1.